The lowest BCUT2D eigenvalue weighted by Gasteiger charge is -2.34. The molecule has 1 rings (SSSR count). The third-order valence-electron chi connectivity index (χ3n) is 5.81. The largest absolute Gasteiger partial charge is 0.504 e. The molecule has 0 amide bonds. The lowest BCUT2D eigenvalue weighted by Crippen LogP contribution is -2.39. The van der Waals surface area contributed by atoms with Gasteiger partial charge in [-0.2, -0.15) is 0 Å². The Morgan fingerprint density at radius 2 is 1.84 bits per heavy atom. The summed E-state index contributed by atoms with van der Waals surface area (Å²) in [6.07, 6.45) is 11.1. The number of aliphatic hydroxyl groups is 1. The van der Waals surface area contributed by atoms with Gasteiger partial charge in [0.1, 0.15) is 0 Å². The van der Waals surface area contributed by atoms with Gasteiger partial charge in [-0.25, -0.2) is 5.06 Å². The third-order valence-corrected chi connectivity index (χ3v) is 5.81. The Kier molecular flexibility index (Phi) is 11.5. The second-order valence-electron chi connectivity index (χ2n) is 8.24. The Bertz CT molecular complexity index is 816. The zero-order chi connectivity index (χ0) is 24.4. The zero-order valence-electron chi connectivity index (χ0n) is 21.1. The lowest BCUT2D eigenvalue weighted by atomic mass is 9.95. The van der Waals surface area contributed by atoms with Gasteiger partial charge in [-0.05, 0) is 46.6 Å². The Balaban J connectivity index is 2.84. The fourth-order valence-corrected chi connectivity index (χ4v) is 3.84. The fraction of sp³-hybridized carbons (Fsp3) is 0.538. The van der Waals surface area contributed by atoms with E-state index in [0.717, 1.165) is 17.1 Å². The van der Waals surface area contributed by atoms with E-state index in [4.69, 9.17) is 14.2 Å². The number of hydrogen-bond donors (Lipinski definition) is 2. The van der Waals surface area contributed by atoms with Crippen molar-refractivity contribution in [3.8, 4) is 0 Å². The molecule has 1 unspecified atom stereocenters. The van der Waals surface area contributed by atoms with E-state index in [-0.39, 0.29) is 23.5 Å². The molecule has 0 fully saturated rings. The zero-order valence-corrected chi connectivity index (χ0v) is 21.1. The van der Waals surface area contributed by atoms with Crippen molar-refractivity contribution in [1.29, 1.82) is 0 Å². The van der Waals surface area contributed by atoms with E-state index in [2.05, 4.69) is 45.1 Å². The number of methoxy groups -OCH3 is 3. The van der Waals surface area contributed by atoms with Gasteiger partial charge >= 0.3 is 0 Å². The van der Waals surface area contributed by atoms with Crippen LogP contribution in [0.25, 0.3) is 0 Å². The van der Waals surface area contributed by atoms with Crippen molar-refractivity contribution >= 4 is 0 Å². The van der Waals surface area contributed by atoms with Crippen molar-refractivity contribution in [3.05, 3.63) is 69.9 Å². The number of ether oxygens (including phenoxy) is 3. The van der Waals surface area contributed by atoms with E-state index < -0.39 is 6.23 Å². The summed E-state index contributed by atoms with van der Waals surface area (Å²) >= 11 is 0. The van der Waals surface area contributed by atoms with Crippen molar-refractivity contribution in [2.75, 3.05) is 21.3 Å². The van der Waals surface area contributed by atoms with Gasteiger partial charge in [-0.15, -0.1) is 0 Å². The molecule has 180 valence electrons. The van der Waals surface area contributed by atoms with Crippen LogP contribution < -0.4 is 0 Å². The number of aliphatic hydroxyl groups excluding tert-OH is 1. The standard InChI is InChI=1S/C26H41NO5/c1-10-19(4)24(30-7)20(5)16-18(3)13-11-12-17(2)14-15-22-21(6)23(28)25(31-8)26(32-9)27(22)29/h10-11,13-14,16,20,24,26,28-29H,12,15H2,1-9H3/b13-11+,17-14+,18-16+,19-10+/t20-,24+,26?/m0/s1. The highest BCUT2D eigenvalue weighted by Crippen LogP contribution is 2.32. The van der Waals surface area contributed by atoms with Gasteiger partial charge in [-0.1, -0.05) is 48.5 Å². The van der Waals surface area contributed by atoms with Crippen LogP contribution in [0.2, 0.25) is 0 Å². The first-order valence-corrected chi connectivity index (χ1v) is 11.0. The molecule has 3 atom stereocenters. The van der Waals surface area contributed by atoms with Crippen molar-refractivity contribution in [1.82, 2.24) is 5.06 Å². The molecule has 6 heteroatoms. The van der Waals surface area contributed by atoms with Gasteiger partial charge in [0.15, 0.2) is 11.5 Å². The average molecular weight is 448 g/mol. The minimum absolute atomic E-state index is 0.00278. The second kappa shape index (κ2) is 13.3. The van der Waals surface area contributed by atoms with Crippen LogP contribution in [0.1, 0.15) is 54.4 Å². The molecule has 0 spiro atoms. The quantitative estimate of drug-likeness (QED) is 0.290. The smallest absolute Gasteiger partial charge is 0.215 e. The molecular weight excluding hydrogens is 406 g/mol. The van der Waals surface area contributed by atoms with Crippen LogP contribution in [0.4, 0.5) is 0 Å². The molecule has 0 saturated heterocycles. The van der Waals surface area contributed by atoms with E-state index in [1.807, 2.05) is 19.9 Å². The summed E-state index contributed by atoms with van der Waals surface area (Å²) in [7, 11) is 4.64. The van der Waals surface area contributed by atoms with Gasteiger partial charge in [-0.3, -0.25) is 5.21 Å². The van der Waals surface area contributed by atoms with E-state index in [1.165, 1.54) is 25.4 Å². The first kappa shape index (κ1) is 27.8. The van der Waals surface area contributed by atoms with Crippen LogP contribution in [-0.2, 0) is 14.2 Å². The van der Waals surface area contributed by atoms with E-state index >= 15 is 0 Å². The van der Waals surface area contributed by atoms with Crippen molar-refractivity contribution in [3.63, 3.8) is 0 Å². The van der Waals surface area contributed by atoms with E-state index in [9.17, 15) is 10.3 Å². The summed E-state index contributed by atoms with van der Waals surface area (Å²) in [4.78, 5) is 0. The Labute approximate surface area is 193 Å². The molecule has 1 aliphatic rings. The Morgan fingerprint density at radius 3 is 2.38 bits per heavy atom. The minimum Gasteiger partial charge on any atom is -0.504 e. The number of hydrogen-bond acceptors (Lipinski definition) is 6. The molecule has 0 bridgehead atoms. The number of allylic oxidation sites excluding steroid dienone is 7. The summed E-state index contributed by atoms with van der Waals surface area (Å²) in [6.45, 7) is 12.2. The normalized spacial score (nSPS) is 21.0. The summed E-state index contributed by atoms with van der Waals surface area (Å²) in [5.74, 6) is 0.473. The van der Waals surface area contributed by atoms with Crippen LogP contribution in [0.3, 0.4) is 0 Å². The predicted molar refractivity (Wildman–Crippen MR) is 129 cm³/mol. The van der Waals surface area contributed by atoms with Crippen molar-refractivity contribution in [2.45, 2.75) is 66.7 Å². The van der Waals surface area contributed by atoms with E-state index in [1.54, 1.807) is 14.0 Å². The molecule has 0 saturated carbocycles. The monoisotopic (exact) mass is 447 g/mol. The van der Waals surface area contributed by atoms with Gasteiger partial charge in [0.2, 0.25) is 6.23 Å². The van der Waals surface area contributed by atoms with Crippen LogP contribution in [0, 0.1) is 5.92 Å². The van der Waals surface area contributed by atoms with E-state index in [0.29, 0.717) is 17.7 Å². The maximum absolute atomic E-state index is 10.5. The van der Waals surface area contributed by atoms with Crippen molar-refractivity contribution in [2.24, 2.45) is 5.92 Å². The summed E-state index contributed by atoms with van der Waals surface area (Å²) in [5.41, 5.74) is 4.72. The highest BCUT2D eigenvalue weighted by Gasteiger charge is 2.34. The molecule has 0 aromatic heterocycles. The highest BCUT2D eigenvalue weighted by molar-refractivity contribution is 5.36. The minimum atomic E-state index is -0.871. The van der Waals surface area contributed by atoms with Crippen LogP contribution >= 0.6 is 0 Å². The molecule has 1 aliphatic heterocycles. The SMILES string of the molecule is C/C=C(\C)[C@@H](OC)[C@@H](C)/C=C(C)/C=C/C/C(C)=C/CC1=C(C)C(O)=C(OC)C(OC)N1O. The molecule has 32 heavy (non-hydrogen) atoms. The number of rotatable bonds is 11. The van der Waals surface area contributed by atoms with Gasteiger partial charge in [0, 0.05) is 32.1 Å². The molecule has 1 heterocycles. The van der Waals surface area contributed by atoms with Gasteiger partial charge in [0.05, 0.1) is 18.9 Å². The van der Waals surface area contributed by atoms with Gasteiger partial charge in [0.25, 0.3) is 0 Å². The first-order chi connectivity index (χ1) is 15.1. The maximum Gasteiger partial charge on any atom is 0.215 e. The summed E-state index contributed by atoms with van der Waals surface area (Å²) in [6, 6.07) is 0. The first-order valence-electron chi connectivity index (χ1n) is 11.0. The third kappa shape index (κ3) is 7.12. The van der Waals surface area contributed by atoms with Crippen molar-refractivity contribution < 1.29 is 24.5 Å². The fourth-order valence-electron chi connectivity index (χ4n) is 3.84. The molecule has 0 aromatic rings. The Hall–Kier alpha value is -2.28. The second-order valence-corrected chi connectivity index (χ2v) is 8.24. The maximum atomic E-state index is 10.5. The molecule has 0 radical (unpaired) electrons. The predicted octanol–water partition coefficient (Wildman–Crippen LogP) is 6.20. The number of nitrogens with zero attached hydrogens (tertiary/aromatic N) is 1. The van der Waals surface area contributed by atoms with Gasteiger partial charge < -0.3 is 19.3 Å². The highest BCUT2D eigenvalue weighted by atomic mass is 16.6. The lowest BCUT2D eigenvalue weighted by molar-refractivity contribution is -0.185. The van der Waals surface area contributed by atoms with Crippen LogP contribution in [0.5, 0.6) is 0 Å². The number of hydroxylamine groups is 2. The molecule has 6 nitrogen and oxygen atoms in total. The van der Waals surface area contributed by atoms with Crippen LogP contribution in [0.15, 0.2) is 69.9 Å². The average Bonchev–Trinajstić information content (AvgIpc) is 2.76. The molecule has 2 N–H and O–H groups in total. The summed E-state index contributed by atoms with van der Waals surface area (Å²) < 4.78 is 16.1. The molecule has 0 aliphatic carbocycles. The molecular formula is C26H41NO5. The molecule has 0 aromatic carbocycles. The van der Waals surface area contributed by atoms with Crippen LogP contribution in [-0.4, -0.2) is 49.0 Å². The summed E-state index contributed by atoms with van der Waals surface area (Å²) in [5, 5.41) is 22.0. The Morgan fingerprint density at radius 1 is 1.19 bits per heavy atom. The topological polar surface area (TPSA) is 71.4 Å².